The molecule has 1 saturated heterocycles. The van der Waals surface area contributed by atoms with Crippen molar-refractivity contribution < 1.29 is 14.3 Å². The molecule has 8 nitrogen and oxygen atoms in total. The lowest BCUT2D eigenvalue weighted by atomic mass is 10.4. The first kappa shape index (κ1) is 15.4. The van der Waals surface area contributed by atoms with Gasteiger partial charge in [-0.15, -0.1) is 0 Å². The third-order valence-corrected chi connectivity index (χ3v) is 3.79. The molecule has 2 amide bonds. The second-order valence-corrected chi connectivity index (χ2v) is 5.45. The number of carbonyl (C=O) groups excluding carboxylic acids is 2. The number of amides is 2. The van der Waals surface area contributed by atoms with Gasteiger partial charge in [0.05, 0.1) is 18.9 Å². The number of nitrogens with one attached hydrogen (secondary N) is 2. The average molecular weight is 311 g/mol. The first-order valence-corrected chi connectivity index (χ1v) is 7.28. The lowest BCUT2D eigenvalue weighted by Gasteiger charge is -2.23. The monoisotopic (exact) mass is 311 g/mol. The summed E-state index contributed by atoms with van der Waals surface area (Å²) in [6.45, 7) is 5.94. The zero-order valence-corrected chi connectivity index (χ0v) is 12.7. The van der Waals surface area contributed by atoms with Gasteiger partial charge in [-0.2, -0.15) is 5.10 Å². The SMILES string of the molecule is CC(=O)Nc1nc(C)c(C(=O)N/N=C/N2CCOCC2)s1. The second kappa shape index (κ2) is 7.14. The van der Waals surface area contributed by atoms with E-state index < -0.39 is 0 Å². The van der Waals surface area contributed by atoms with Crippen LogP contribution in [0.4, 0.5) is 5.13 Å². The van der Waals surface area contributed by atoms with E-state index in [2.05, 4.69) is 20.8 Å². The molecule has 0 aromatic carbocycles. The second-order valence-electron chi connectivity index (χ2n) is 4.45. The maximum atomic E-state index is 12.0. The van der Waals surface area contributed by atoms with Crippen molar-refractivity contribution in [2.24, 2.45) is 5.10 Å². The molecule has 2 heterocycles. The van der Waals surface area contributed by atoms with Crippen molar-refractivity contribution in [1.82, 2.24) is 15.3 Å². The van der Waals surface area contributed by atoms with Gasteiger partial charge in [-0.05, 0) is 6.92 Å². The zero-order chi connectivity index (χ0) is 15.2. The van der Waals surface area contributed by atoms with Crippen LogP contribution in [0.3, 0.4) is 0 Å². The van der Waals surface area contributed by atoms with E-state index >= 15 is 0 Å². The number of aromatic nitrogens is 1. The lowest BCUT2D eigenvalue weighted by Crippen LogP contribution is -2.36. The van der Waals surface area contributed by atoms with Crippen molar-refractivity contribution in [3.05, 3.63) is 10.6 Å². The van der Waals surface area contributed by atoms with E-state index in [-0.39, 0.29) is 11.8 Å². The largest absolute Gasteiger partial charge is 0.378 e. The van der Waals surface area contributed by atoms with E-state index in [4.69, 9.17) is 4.74 Å². The molecule has 0 saturated carbocycles. The number of hydrogen-bond acceptors (Lipinski definition) is 6. The number of aryl methyl sites for hydroxylation is 1. The van der Waals surface area contributed by atoms with Crippen molar-refractivity contribution >= 4 is 34.6 Å². The summed E-state index contributed by atoms with van der Waals surface area (Å²) in [6.07, 6.45) is 1.59. The number of carbonyl (C=O) groups is 2. The van der Waals surface area contributed by atoms with Gasteiger partial charge < -0.3 is 15.0 Å². The molecule has 2 N–H and O–H groups in total. The molecule has 1 aliphatic heterocycles. The fraction of sp³-hybridized carbons (Fsp3) is 0.500. The highest BCUT2D eigenvalue weighted by molar-refractivity contribution is 7.17. The molecular formula is C12H17N5O3S. The molecule has 1 fully saturated rings. The topological polar surface area (TPSA) is 95.9 Å². The summed E-state index contributed by atoms with van der Waals surface area (Å²) in [5, 5.41) is 6.88. The minimum Gasteiger partial charge on any atom is -0.378 e. The first-order chi connectivity index (χ1) is 10.1. The zero-order valence-electron chi connectivity index (χ0n) is 11.9. The van der Waals surface area contributed by atoms with Crippen molar-refractivity contribution in [3.8, 4) is 0 Å². The summed E-state index contributed by atoms with van der Waals surface area (Å²) in [7, 11) is 0. The Balaban J connectivity index is 1.92. The van der Waals surface area contributed by atoms with Gasteiger partial charge in [0.1, 0.15) is 11.2 Å². The average Bonchev–Trinajstić information content (AvgIpc) is 2.80. The highest BCUT2D eigenvalue weighted by Gasteiger charge is 2.15. The molecule has 1 aromatic rings. The number of anilines is 1. The van der Waals surface area contributed by atoms with Crippen LogP contribution in [0.2, 0.25) is 0 Å². The fourth-order valence-corrected chi connectivity index (χ4v) is 2.63. The Bertz CT molecular complexity index is 551. The number of hydrogen-bond donors (Lipinski definition) is 2. The lowest BCUT2D eigenvalue weighted by molar-refractivity contribution is -0.114. The molecule has 21 heavy (non-hydrogen) atoms. The normalized spacial score (nSPS) is 15.2. The smallest absolute Gasteiger partial charge is 0.283 e. The maximum Gasteiger partial charge on any atom is 0.283 e. The third-order valence-electron chi connectivity index (χ3n) is 2.72. The predicted molar refractivity (Wildman–Crippen MR) is 79.5 cm³/mol. The van der Waals surface area contributed by atoms with Crippen molar-refractivity contribution in [1.29, 1.82) is 0 Å². The molecule has 1 aromatic heterocycles. The van der Waals surface area contributed by atoms with Crippen molar-refractivity contribution in [2.45, 2.75) is 13.8 Å². The van der Waals surface area contributed by atoms with Crippen LogP contribution >= 0.6 is 11.3 Å². The minimum absolute atomic E-state index is 0.221. The molecule has 0 radical (unpaired) electrons. The summed E-state index contributed by atoms with van der Waals surface area (Å²) in [6, 6.07) is 0. The Morgan fingerprint density at radius 1 is 1.43 bits per heavy atom. The number of morpholine rings is 1. The van der Waals surface area contributed by atoms with E-state index in [1.54, 1.807) is 13.3 Å². The minimum atomic E-state index is -0.342. The first-order valence-electron chi connectivity index (χ1n) is 6.46. The molecule has 0 aliphatic carbocycles. The molecular weight excluding hydrogens is 294 g/mol. The summed E-state index contributed by atoms with van der Waals surface area (Å²) in [4.78, 5) is 29.5. The summed E-state index contributed by atoms with van der Waals surface area (Å²) in [5.41, 5.74) is 3.02. The maximum absolute atomic E-state index is 12.0. The van der Waals surface area contributed by atoms with Gasteiger partial charge in [0.15, 0.2) is 5.13 Å². The third kappa shape index (κ3) is 4.50. The standard InChI is InChI=1S/C12H17N5O3S/c1-8-10(21-12(14-8)15-9(2)18)11(19)16-13-7-17-3-5-20-6-4-17/h7H,3-6H2,1-2H3,(H,16,19)(H,14,15,18)/b13-7+. The van der Waals surface area contributed by atoms with Crippen LogP contribution in [0.25, 0.3) is 0 Å². The van der Waals surface area contributed by atoms with E-state index in [0.29, 0.717) is 28.9 Å². The van der Waals surface area contributed by atoms with E-state index in [1.807, 2.05) is 4.90 Å². The Morgan fingerprint density at radius 3 is 2.81 bits per heavy atom. The highest BCUT2D eigenvalue weighted by atomic mass is 32.1. The van der Waals surface area contributed by atoms with E-state index in [1.165, 1.54) is 6.92 Å². The van der Waals surface area contributed by atoms with Crippen LogP contribution in [0.5, 0.6) is 0 Å². The van der Waals surface area contributed by atoms with Crippen LogP contribution in [-0.4, -0.2) is 54.3 Å². The van der Waals surface area contributed by atoms with Crippen molar-refractivity contribution in [2.75, 3.05) is 31.6 Å². The Morgan fingerprint density at radius 2 is 2.14 bits per heavy atom. The van der Waals surface area contributed by atoms with Crippen LogP contribution in [0, 0.1) is 6.92 Å². The van der Waals surface area contributed by atoms with Crippen molar-refractivity contribution in [3.63, 3.8) is 0 Å². The molecule has 9 heteroatoms. The molecule has 114 valence electrons. The molecule has 0 atom stereocenters. The van der Waals surface area contributed by atoms with Crippen LogP contribution in [0.1, 0.15) is 22.3 Å². The van der Waals surface area contributed by atoms with E-state index in [9.17, 15) is 9.59 Å². The molecule has 1 aliphatic rings. The Hall–Kier alpha value is -2.00. The summed E-state index contributed by atoms with van der Waals surface area (Å²) < 4.78 is 5.21. The summed E-state index contributed by atoms with van der Waals surface area (Å²) in [5.74, 6) is -0.563. The van der Waals surface area contributed by atoms with Gasteiger partial charge >= 0.3 is 0 Å². The quantitative estimate of drug-likeness (QED) is 0.477. The van der Waals surface area contributed by atoms with Gasteiger partial charge in [-0.1, -0.05) is 11.3 Å². The Labute approximate surface area is 126 Å². The van der Waals surface area contributed by atoms with Gasteiger partial charge in [0.2, 0.25) is 5.91 Å². The highest BCUT2D eigenvalue weighted by Crippen LogP contribution is 2.22. The fourth-order valence-electron chi connectivity index (χ4n) is 1.72. The molecule has 0 unspecified atom stereocenters. The van der Waals surface area contributed by atoms with E-state index in [0.717, 1.165) is 24.4 Å². The molecule has 0 spiro atoms. The van der Waals surface area contributed by atoms with Gasteiger partial charge in [0.25, 0.3) is 5.91 Å². The number of hydrazone groups is 1. The number of rotatable bonds is 4. The Kier molecular flexibility index (Phi) is 5.23. The van der Waals surface area contributed by atoms with Gasteiger partial charge in [0, 0.05) is 20.0 Å². The van der Waals surface area contributed by atoms with Crippen LogP contribution < -0.4 is 10.7 Å². The van der Waals surface area contributed by atoms with Crippen LogP contribution in [0.15, 0.2) is 5.10 Å². The summed E-state index contributed by atoms with van der Waals surface area (Å²) >= 11 is 1.12. The molecule has 0 bridgehead atoms. The molecule has 2 rings (SSSR count). The van der Waals surface area contributed by atoms with Gasteiger partial charge in [-0.25, -0.2) is 10.4 Å². The number of ether oxygens (including phenoxy) is 1. The van der Waals surface area contributed by atoms with Crippen LogP contribution in [-0.2, 0) is 9.53 Å². The predicted octanol–water partition coefficient (Wildman–Crippen LogP) is 0.415. The number of nitrogens with zero attached hydrogens (tertiary/aromatic N) is 3. The van der Waals surface area contributed by atoms with Gasteiger partial charge in [-0.3, -0.25) is 9.59 Å². The number of thiazole rings is 1.